The minimum Gasteiger partial charge on any atom is -0.280 e. The third-order valence-corrected chi connectivity index (χ3v) is 7.84. The van der Waals surface area contributed by atoms with E-state index in [1.54, 1.807) is 19.9 Å². The van der Waals surface area contributed by atoms with Crippen molar-refractivity contribution in [2.45, 2.75) is 37.0 Å². The number of hydrogen-bond acceptors (Lipinski definition) is 4. The number of benzene rings is 2. The average Bonchev–Trinajstić information content (AvgIpc) is 2.58. The van der Waals surface area contributed by atoms with Crippen molar-refractivity contribution in [2.75, 3.05) is 11.3 Å². The highest BCUT2D eigenvalue weighted by atomic mass is 35.5. The van der Waals surface area contributed by atoms with E-state index < -0.39 is 20.0 Å². The van der Waals surface area contributed by atoms with Crippen molar-refractivity contribution in [3.63, 3.8) is 0 Å². The van der Waals surface area contributed by atoms with Crippen LogP contribution in [-0.2, 0) is 20.0 Å². The predicted octanol–water partition coefficient (Wildman–Crippen LogP) is 4.10. The largest absolute Gasteiger partial charge is 0.280 e. The summed E-state index contributed by atoms with van der Waals surface area (Å²) in [5.41, 5.74) is 1.08. The molecule has 0 saturated carbocycles. The molecule has 27 heavy (non-hydrogen) atoms. The second kappa shape index (κ2) is 8.36. The van der Waals surface area contributed by atoms with Crippen LogP contribution in [0, 0.1) is 13.8 Å². The van der Waals surface area contributed by atoms with Crippen LogP contribution < -0.4 is 9.44 Å². The molecule has 0 saturated heterocycles. The molecule has 0 atom stereocenters. The van der Waals surface area contributed by atoms with Crippen LogP contribution >= 0.6 is 23.2 Å². The van der Waals surface area contributed by atoms with E-state index in [0.717, 1.165) is 0 Å². The maximum absolute atomic E-state index is 12.8. The third kappa shape index (κ3) is 4.94. The third-order valence-electron chi connectivity index (χ3n) is 3.82. The maximum atomic E-state index is 12.8. The lowest BCUT2D eigenvalue weighted by atomic mass is 10.2. The Morgan fingerprint density at radius 3 is 2.11 bits per heavy atom. The zero-order valence-electron chi connectivity index (χ0n) is 15.0. The van der Waals surface area contributed by atoms with Gasteiger partial charge in [0.05, 0.1) is 9.92 Å². The van der Waals surface area contributed by atoms with Crippen LogP contribution in [0.25, 0.3) is 0 Å². The molecule has 2 aromatic rings. The van der Waals surface area contributed by atoms with Crippen molar-refractivity contribution < 1.29 is 16.8 Å². The molecular weight excluding hydrogens is 431 g/mol. The molecule has 0 aromatic heterocycles. The molecule has 0 aliphatic carbocycles. The second-order valence-electron chi connectivity index (χ2n) is 5.97. The van der Waals surface area contributed by atoms with Gasteiger partial charge in [-0.05, 0) is 61.7 Å². The highest BCUT2D eigenvalue weighted by molar-refractivity contribution is 7.93. The molecule has 0 radical (unpaired) electrons. The highest BCUT2D eigenvalue weighted by Gasteiger charge is 2.24. The summed E-state index contributed by atoms with van der Waals surface area (Å²) in [5, 5.41) is 0.382. The topological polar surface area (TPSA) is 92.3 Å². The molecule has 10 heteroatoms. The van der Waals surface area contributed by atoms with E-state index in [0.29, 0.717) is 29.1 Å². The molecule has 2 aromatic carbocycles. The maximum Gasteiger partial charge on any atom is 0.263 e. The summed E-state index contributed by atoms with van der Waals surface area (Å²) in [6, 6.07) is 7.00. The summed E-state index contributed by atoms with van der Waals surface area (Å²) in [6.07, 6.45) is 0.663. The minimum absolute atomic E-state index is 0.0479. The van der Waals surface area contributed by atoms with Crippen LogP contribution in [0.1, 0.15) is 24.5 Å². The highest BCUT2D eigenvalue weighted by Crippen LogP contribution is 2.34. The summed E-state index contributed by atoms with van der Waals surface area (Å²) in [7, 11) is -7.64. The fourth-order valence-electron chi connectivity index (χ4n) is 2.36. The monoisotopic (exact) mass is 450 g/mol. The first-order chi connectivity index (χ1) is 12.5. The van der Waals surface area contributed by atoms with E-state index in [4.69, 9.17) is 23.2 Å². The van der Waals surface area contributed by atoms with Crippen LogP contribution in [-0.4, -0.2) is 23.4 Å². The van der Waals surface area contributed by atoms with Gasteiger partial charge in [0.1, 0.15) is 4.90 Å². The smallest absolute Gasteiger partial charge is 0.263 e. The van der Waals surface area contributed by atoms with Gasteiger partial charge in [0.15, 0.2) is 0 Å². The SMILES string of the molecule is CCCNS(=O)(=O)c1ccc(NS(=O)(=O)c2c(C)c(Cl)cc(C)c2Cl)cc1. The molecule has 0 spiro atoms. The Bertz CT molecular complexity index is 1030. The van der Waals surface area contributed by atoms with E-state index in [1.807, 2.05) is 6.92 Å². The van der Waals surface area contributed by atoms with Crippen LogP contribution in [0.2, 0.25) is 10.0 Å². The zero-order valence-corrected chi connectivity index (χ0v) is 18.2. The lowest BCUT2D eigenvalue weighted by molar-refractivity contribution is 0.581. The van der Waals surface area contributed by atoms with E-state index in [-0.39, 0.29) is 20.5 Å². The first-order valence-corrected chi connectivity index (χ1v) is 11.8. The number of anilines is 1. The molecule has 148 valence electrons. The van der Waals surface area contributed by atoms with Crippen molar-refractivity contribution in [3.8, 4) is 0 Å². The van der Waals surface area contributed by atoms with E-state index in [2.05, 4.69) is 9.44 Å². The van der Waals surface area contributed by atoms with Gasteiger partial charge in [0, 0.05) is 17.3 Å². The van der Waals surface area contributed by atoms with Crippen molar-refractivity contribution in [2.24, 2.45) is 0 Å². The summed E-state index contributed by atoms with van der Waals surface area (Å²) in [6.45, 7) is 5.40. The summed E-state index contributed by atoms with van der Waals surface area (Å²) in [5.74, 6) is 0. The van der Waals surface area contributed by atoms with Gasteiger partial charge >= 0.3 is 0 Å². The quantitative estimate of drug-likeness (QED) is 0.663. The molecule has 2 N–H and O–H groups in total. The number of sulfonamides is 2. The van der Waals surface area contributed by atoms with Gasteiger partial charge < -0.3 is 0 Å². The van der Waals surface area contributed by atoms with Gasteiger partial charge in [-0.1, -0.05) is 30.1 Å². The van der Waals surface area contributed by atoms with E-state index >= 15 is 0 Å². The van der Waals surface area contributed by atoms with Gasteiger partial charge in [-0.3, -0.25) is 4.72 Å². The molecule has 2 rings (SSSR count). The fraction of sp³-hybridized carbons (Fsp3) is 0.294. The Labute approximate surface area is 170 Å². The van der Waals surface area contributed by atoms with Crippen molar-refractivity contribution >= 4 is 48.9 Å². The van der Waals surface area contributed by atoms with Crippen LogP contribution in [0.4, 0.5) is 5.69 Å². The molecular formula is C17H20Cl2N2O4S2. The van der Waals surface area contributed by atoms with Crippen molar-refractivity contribution in [3.05, 3.63) is 51.5 Å². The summed E-state index contributed by atoms with van der Waals surface area (Å²) >= 11 is 12.3. The lowest BCUT2D eigenvalue weighted by Gasteiger charge is -2.15. The van der Waals surface area contributed by atoms with E-state index in [1.165, 1.54) is 24.3 Å². The second-order valence-corrected chi connectivity index (χ2v) is 10.1. The molecule has 0 aliphatic heterocycles. The average molecular weight is 451 g/mol. The van der Waals surface area contributed by atoms with Crippen LogP contribution in [0.3, 0.4) is 0 Å². The Hall–Kier alpha value is -1.32. The molecule has 0 fully saturated rings. The Morgan fingerprint density at radius 2 is 1.56 bits per heavy atom. The zero-order chi connectivity index (χ0) is 20.4. The number of hydrogen-bond donors (Lipinski definition) is 2. The van der Waals surface area contributed by atoms with Crippen LogP contribution in [0.5, 0.6) is 0 Å². The first kappa shape index (κ1) is 22.0. The molecule has 0 unspecified atom stereocenters. The summed E-state index contributed by atoms with van der Waals surface area (Å²) < 4.78 is 54.6. The van der Waals surface area contributed by atoms with Gasteiger partial charge in [-0.25, -0.2) is 21.6 Å². The summed E-state index contributed by atoms with van der Waals surface area (Å²) in [4.78, 5) is -0.0535. The van der Waals surface area contributed by atoms with Crippen molar-refractivity contribution in [1.29, 1.82) is 0 Å². The minimum atomic E-state index is -4.01. The molecule has 0 amide bonds. The van der Waals surface area contributed by atoms with Gasteiger partial charge in [-0.15, -0.1) is 0 Å². The fourth-order valence-corrected chi connectivity index (χ4v) is 5.77. The molecule has 0 heterocycles. The Balaban J connectivity index is 2.35. The Kier molecular flexibility index (Phi) is 6.81. The molecule has 6 nitrogen and oxygen atoms in total. The number of halogens is 2. The van der Waals surface area contributed by atoms with Gasteiger partial charge in [0.2, 0.25) is 10.0 Å². The molecule has 0 bridgehead atoms. The Morgan fingerprint density at radius 1 is 0.963 bits per heavy atom. The first-order valence-electron chi connectivity index (χ1n) is 8.07. The normalized spacial score (nSPS) is 12.2. The van der Waals surface area contributed by atoms with E-state index in [9.17, 15) is 16.8 Å². The molecule has 0 aliphatic rings. The standard InChI is InChI=1S/C17H20Cl2N2O4S2/c1-4-9-20-26(22,23)14-7-5-13(6-8-14)21-27(24,25)17-12(3)15(18)10-11(2)16(17)19/h5-8,10,20-21H,4,9H2,1-3H3. The number of rotatable bonds is 7. The lowest BCUT2D eigenvalue weighted by Crippen LogP contribution is -2.24. The number of aryl methyl sites for hydroxylation is 1. The van der Waals surface area contributed by atoms with Crippen molar-refractivity contribution in [1.82, 2.24) is 4.72 Å². The predicted molar refractivity (Wildman–Crippen MR) is 109 cm³/mol. The van der Waals surface area contributed by atoms with Crippen LogP contribution in [0.15, 0.2) is 40.1 Å². The van der Waals surface area contributed by atoms with Gasteiger partial charge in [-0.2, -0.15) is 0 Å². The van der Waals surface area contributed by atoms with Gasteiger partial charge in [0.25, 0.3) is 10.0 Å². The number of nitrogens with one attached hydrogen (secondary N) is 2.